The summed E-state index contributed by atoms with van der Waals surface area (Å²) in [6, 6.07) is 12.5. The standard InChI is InChI=1S/C29H27FN8/c1-38(2)7-3-4-17-8-19(15-32-14-17)25-12-23-27(16-34-25)36-37-29(23)26-13-22-24(35-26)5-6-33-28(22)18-9-20(30)11-21(31)10-18/h5-6,8-16,35H,3-4,7,31H2,1-2H3,(H,36,37). The number of nitrogen functional groups attached to an aromatic ring is 1. The van der Waals surface area contributed by atoms with E-state index in [1.807, 2.05) is 30.6 Å². The Morgan fingerprint density at radius 1 is 0.895 bits per heavy atom. The first kappa shape index (κ1) is 23.7. The third kappa shape index (κ3) is 4.59. The van der Waals surface area contributed by atoms with Crippen LogP contribution in [0.25, 0.3) is 55.7 Å². The molecule has 5 aromatic heterocycles. The molecule has 0 saturated heterocycles. The molecule has 1 aromatic carbocycles. The van der Waals surface area contributed by atoms with E-state index >= 15 is 0 Å². The van der Waals surface area contributed by atoms with Crippen LogP contribution < -0.4 is 5.73 Å². The van der Waals surface area contributed by atoms with Crippen LogP contribution in [-0.4, -0.2) is 55.7 Å². The molecular weight excluding hydrogens is 479 g/mol. The second kappa shape index (κ2) is 9.68. The molecule has 6 aromatic rings. The average Bonchev–Trinajstić information content (AvgIpc) is 3.51. The molecular formula is C29H27FN8. The lowest BCUT2D eigenvalue weighted by molar-refractivity contribution is 0.400. The van der Waals surface area contributed by atoms with Gasteiger partial charge in [0, 0.05) is 51.7 Å². The number of H-pyrrole nitrogens is 2. The van der Waals surface area contributed by atoms with Gasteiger partial charge in [-0.1, -0.05) is 0 Å². The number of halogens is 1. The minimum absolute atomic E-state index is 0.351. The molecule has 9 heteroatoms. The number of anilines is 1. The molecule has 0 atom stereocenters. The monoisotopic (exact) mass is 506 g/mol. The van der Waals surface area contributed by atoms with E-state index in [9.17, 15) is 4.39 Å². The maximum atomic E-state index is 14.1. The van der Waals surface area contributed by atoms with E-state index in [1.165, 1.54) is 17.7 Å². The first-order valence-corrected chi connectivity index (χ1v) is 12.4. The molecule has 4 N–H and O–H groups in total. The van der Waals surface area contributed by atoms with Gasteiger partial charge in [-0.05, 0) is 81.5 Å². The Labute approximate surface area is 218 Å². The van der Waals surface area contributed by atoms with Crippen LogP contribution in [0.2, 0.25) is 0 Å². The van der Waals surface area contributed by atoms with Crippen LogP contribution in [0.4, 0.5) is 10.1 Å². The molecule has 0 aliphatic heterocycles. The van der Waals surface area contributed by atoms with Gasteiger partial charge < -0.3 is 15.6 Å². The lowest BCUT2D eigenvalue weighted by Gasteiger charge is -2.09. The Morgan fingerprint density at radius 2 is 1.76 bits per heavy atom. The predicted molar refractivity (Wildman–Crippen MR) is 149 cm³/mol. The molecule has 0 radical (unpaired) electrons. The summed E-state index contributed by atoms with van der Waals surface area (Å²) in [5.74, 6) is -0.399. The number of benzene rings is 1. The number of rotatable bonds is 7. The van der Waals surface area contributed by atoms with Gasteiger partial charge in [-0.2, -0.15) is 5.10 Å². The fourth-order valence-corrected chi connectivity index (χ4v) is 4.80. The van der Waals surface area contributed by atoms with E-state index < -0.39 is 5.82 Å². The average molecular weight is 507 g/mol. The highest BCUT2D eigenvalue weighted by molar-refractivity contribution is 6.00. The number of nitrogens with one attached hydrogen (secondary N) is 2. The quantitative estimate of drug-likeness (QED) is 0.248. The second-order valence-electron chi connectivity index (χ2n) is 9.75. The van der Waals surface area contributed by atoms with E-state index in [1.54, 1.807) is 18.5 Å². The van der Waals surface area contributed by atoms with Crippen molar-refractivity contribution in [1.29, 1.82) is 0 Å². The molecule has 5 heterocycles. The SMILES string of the molecule is CN(C)CCCc1cncc(-c2cc3c(-c4cc5c(-c6cc(N)cc(F)c6)nccc5[nH]4)n[nH]c3cn2)c1. The molecule has 0 unspecified atom stereocenters. The van der Waals surface area contributed by atoms with Crippen molar-refractivity contribution >= 4 is 27.5 Å². The Balaban J connectivity index is 1.38. The third-order valence-electron chi connectivity index (χ3n) is 6.61. The minimum Gasteiger partial charge on any atom is -0.399 e. The Hall–Kier alpha value is -4.63. The lowest BCUT2D eigenvalue weighted by atomic mass is 10.1. The van der Waals surface area contributed by atoms with Gasteiger partial charge in [-0.15, -0.1) is 0 Å². The zero-order valence-corrected chi connectivity index (χ0v) is 21.2. The van der Waals surface area contributed by atoms with E-state index in [4.69, 9.17) is 5.73 Å². The summed E-state index contributed by atoms with van der Waals surface area (Å²) in [5, 5.41) is 9.46. The third-order valence-corrected chi connectivity index (χ3v) is 6.61. The van der Waals surface area contributed by atoms with Crippen molar-refractivity contribution in [3.05, 3.63) is 78.6 Å². The molecule has 0 spiro atoms. The summed E-state index contributed by atoms with van der Waals surface area (Å²) in [6.45, 7) is 1.03. The van der Waals surface area contributed by atoms with Gasteiger partial charge in [0.2, 0.25) is 0 Å². The number of nitrogens with zero attached hydrogens (tertiary/aromatic N) is 5. The van der Waals surface area contributed by atoms with E-state index in [-0.39, 0.29) is 0 Å². The molecule has 0 aliphatic carbocycles. The van der Waals surface area contributed by atoms with Crippen molar-refractivity contribution < 1.29 is 4.39 Å². The highest BCUT2D eigenvalue weighted by Gasteiger charge is 2.16. The van der Waals surface area contributed by atoms with Gasteiger partial charge in [0.1, 0.15) is 11.5 Å². The summed E-state index contributed by atoms with van der Waals surface area (Å²) in [6.07, 6.45) is 9.28. The summed E-state index contributed by atoms with van der Waals surface area (Å²) in [7, 11) is 4.16. The van der Waals surface area contributed by atoms with Crippen LogP contribution in [0.1, 0.15) is 12.0 Å². The molecule has 0 saturated carbocycles. The first-order chi connectivity index (χ1) is 18.4. The fraction of sp³-hybridized carbons (Fsp3) is 0.172. The van der Waals surface area contributed by atoms with Crippen molar-refractivity contribution in [2.75, 3.05) is 26.4 Å². The predicted octanol–water partition coefficient (Wildman–Crippen LogP) is 5.45. The number of nitrogens with two attached hydrogens (primary N) is 1. The van der Waals surface area contributed by atoms with E-state index in [2.05, 4.69) is 55.2 Å². The number of aromatic amines is 2. The van der Waals surface area contributed by atoms with Crippen molar-refractivity contribution in [2.24, 2.45) is 0 Å². The topological polar surface area (TPSA) is 112 Å². The van der Waals surface area contributed by atoms with Crippen molar-refractivity contribution in [3.8, 4) is 33.9 Å². The van der Waals surface area contributed by atoms with Gasteiger partial charge in [0.15, 0.2) is 0 Å². The molecule has 8 nitrogen and oxygen atoms in total. The number of aryl methyl sites for hydroxylation is 1. The summed E-state index contributed by atoms with van der Waals surface area (Å²) in [4.78, 5) is 19.3. The fourth-order valence-electron chi connectivity index (χ4n) is 4.80. The normalized spacial score (nSPS) is 11.7. The minimum atomic E-state index is -0.399. The molecule has 0 amide bonds. The summed E-state index contributed by atoms with van der Waals surface area (Å²) in [5.41, 5.74) is 13.8. The highest BCUT2D eigenvalue weighted by atomic mass is 19.1. The summed E-state index contributed by atoms with van der Waals surface area (Å²) < 4.78 is 14.1. The van der Waals surface area contributed by atoms with Crippen molar-refractivity contribution in [2.45, 2.75) is 12.8 Å². The summed E-state index contributed by atoms with van der Waals surface area (Å²) >= 11 is 0. The van der Waals surface area contributed by atoms with Crippen LogP contribution in [0.5, 0.6) is 0 Å². The van der Waals surface area contributed by atoms with Crippen LogP contribution in [0.15, 0.2) is 67.3 Å². The molecule has 190 valence electrons. The van der Waals surface area contributed by atoms with Crippen LogP contribution in [0.3, 0.4) is 0 Å². The van der Waals surface area contributed by atoms with Crippen molar-refractivity contribution in [3.63, 3.8) is 0 Å². The van der Waals surface area contributed by atoms with Crippen LogP contribution in [-0.2, 0) is 6.42 Å². The zero-order chi connectivity index (χ0) is 26.2. The van der Waals surface area contributed by atoms with Crippen molar-refractivity contribution in [1.82, 2.24) is 35.0 Å². The Bertz CT molecular complexity index is 1750. The smallest absolute Gasteiger partial charge is 0.125 e. The molecule has 0 bridgehead atoms. The van der Waals surface area contributed by atoms with E-state index in [0.717, 1.165) is 63.8 Å². The van der Waals surface area contributed by atoms with Gasteiger partial charge in [0.25, 0.3) is 0 Å². The number of fused-ring (bicyclic) bond motifs is 2. The van der Waals surface area contributed by atoms with Gasteiger partial charge in [-0.3, -0.25) is 20.1 Å². The molecule has 0 fully saturated rings. The number of hydrogen-bond acceptors (Lipinski definition) is 6. The van der Waals surface area contributed by atoms with E-state index in [0.29, 0.717) is 16.9 Å². The lowest BCUT2D eigenvalue weighted by Crippen LogP contribution is -2.13. The molecule has 38 heavy (non-hydrogen) atoms. The Morgan fingerprint density at radius 3 is 2.61 bits per heavy atom. The van der Waals surface area contributed by atoms with Crippen LogP contribution in [0, 0.1) is 5.82 Å². The van der Waals surface area contributed by atoms with Gasteiger partial charge in [-0.25, -0.2) is 4.39 Å². The number of aromatic nitrogens is 6. The first-order valence-electron chi connectivity index (χ1n) is 12.4. The zero-order valence-electron chi connectivity index (χ0n) is 21.2. The van der Waals surface area contributed by atoms with Crippen LogP contribution >= 0.6 is 0 Å². The van der Waals surface area contributed by atoms with Gasteiger partial charge >= 0.3 is 0 Å². The highest BCUT2D eigenvalue weighted by Crippen LogP contribution is 2.34. The maximum Gasteiger partial charge on any atom is 0.125 e. The maximum absolute atomic E-state index is 14.1. The second-order valence-corrected chi connectivity index (χ2v) is 9.75. The number of pyridine rings is 3. The largest absolute Gasteiger partial charge is 0.399 e. The molecule has 0 aliphatic rings. The number of hydrogen-bond donors (Lipinski definition) is 3. The van der Waals surface area contributed by atoms with Gasteiger partial charge in [0.05, 0.1) is 28.8 Å². The Kier molecular flexibility index (Phi) is 6.05. The molecule has 6 rings (SSSR count).